The van der Waals surface area contributed by atoms with Gasteiger partial charge in [-0.1, -0.05) is 41.0 Å². The molecule has 1 rings (SSSR count). The van der Waals surface area contributed by atoms with E-state index in [1.54, 1.807) is 0 Å². The smallest absolute Gasteiger partial charge is 0.0589 e. The maximum Gasteiger partial charge on any atom is 0.0589 e. The van der Waals surface area contributed by atoms with Gasteiger partial charge in [-0.25, -0.2) is 0 Å². The van der Waals surface area contributed by atoms with Crippen molar-refractivity contribution in [2.24, 2.45) is 11.3 Å². The van der Waals surface area contributed by atoms with Crippen LogP contribution in [0.2, 0.25) is 0 Å². The summed E-state index contributed by atoms with van der Waals surface area (Å²) in [6.45, 7) is 13.6. The van der Waals surface area contributed by atoms with Crippen molar-refractivity contribution in [3.63, 3.8) is 0 Å². The highest BCUT2D eigenvalue weighted by atomic mass is 16.5. The molecule has 0 bridgehead atoms. The third-order valence-corrected chi connectivity index (χ3v) is 4.17. The molecular formula is C15H31NO. The Morgan fingerprint density at radius 2 is 2.06 bits per heavy atom. The quantitative estimate of drug-likeness (QED) is 0.794. The van der Waals surface area contributed by atoms with E-state index < -0.39 is 0 Å². The number of ether oxygens (including phenoxy) is 1. The van der Waals surface area contributed by atoms with Crippen LogP contribution < -0.4 is 5.32 Å². The second-order valence-corrected chi connectivity index (χ2v) is 6.68. The van der Waals surface area contributed by atoms with Gasteiger partial charge in [0.1, 0.15) is 0 Å². The van der Waals surface area contributed by atoms with Gasteiger partial charge in [0, 0.05) is 12.6 Å². The second kappa shape index (κ2) is 6.75. The lowest BCUT2D eigenvalue weighted by Gasteiger charge is -2.33. The fourth-order valence-corrected chi connectivity index (χ4v) is 2.24. The van der Waals surface area contributed by atoms with Crippen LogP contribution in [0.3, 0.4) is 0 Å². The van der Waals surface area contributed by atoms with E-state index >= 15 is 0 Å². The van der Waals surface area contributed by atoms with Crippen molar-refractivity contribution in [3.8, 4) is 0 Å². The topological polar surface area (TPSA) is 21.3 Å². The van der Waals surface area contributed by atoms with E-state index in [0.717, 1.165) is 19.1 Å². The van der Waals surface area contributed by atoms with Crippen LogP contribution in [-0.2, 0) is 4.74 Å². The first-order valence-electron chi connectivity index (χ1n) is 7.28. The van der Waals surface area contributed by atoms with E-state index in [-0.39, 0.29) is 0 Å². The monoisotopic (exact) mass is 241 g/mol. The molecule has 102 valence electrons. The molecule has 3 unspecified atom stereocenters. The molecule has 2 heteroatoms. The average Bonchev–Trinajstić information content (AvgIpc) is 2.25. The van der Waals surface area contributed by atoms with Crippen LogP contribution >= 0.6 is 0 Å². The predicted molar refractivity (Wildman–Crippen MR) is 74.3 cm³/mol. The van der Waals surface area contributed by atoms with Crippen molar-refractivity contribution in [2.75, 3.05) is 13.2 Å². The van der Waals surface area contributed by atoms with Gasteiger partial charge in [-0.2, -0.15) is 0 Å². The Morgan fingerprint density at radius 1 is 1.35 bits per heavy atom. The minimum Gasteiger partial charge on any atom is -0.378 e. The molecule has 1 heterocycles. The zero-order chi connectivity index (χ0) is 12.9. The van der Waals surface area contributed by atoms with Crippen molar-refractivity contribution in [1.29, 1.82) is 0 Å². The molecule has 0 saturated carbocycles. The summed E-state index contributed by atoms with van der Waals surface area (Å²) in [5, 5.41) is 3.74. The van der Waals surface area contributed by atoms with Gasteiger partial charge in [-0.15, -0.1) is 0 Å². The lowest BCUT2D eigenvalue weighted by Crippen LogP contribution is -2.42. The Morgan fingerprint density at radius 3 is 2.65 bits per heavy atom. The molecule has 0 amide bonds. The van der Waals surface area contributed by atoms with E-state index in [2.05, 4.69) is 39.9 Å². The molecule has 1 saturated heterocycles. The molecule has 0 aromatic rings. The van der Waals surface area contributed by atoms with E-state index in [9.17, 15) is 0 Å². The Kier molecular flexibility index (Phi) is 5.94. The minimum atomic E-state index is 0.404. The van der Waals surface area contributed by atoms with Gasteiger partial charge in [-0.3, -0.25) is 0 Å². The number of hydrogen-bond acceptors (Lipinski definition) is 2. The zero-order valence-corrected chi connectivity index (χ0v) is 12.4. The summed E-state index contributed by atoms with van der Waals surface area (Å²) in [4.78, 5) is 0. The molecular weight excluding hydrogens is 210 g/mol. The summed E-state index contributed by atoms with van der Waals surface area (Å²) in [5.74, 6) is 0.718. The molecule has 1 aliphatic heterocycles. The third-order valence-electron chi connectivity index (χ3n) is 4.17. The first-order valence-corrected chi connectivity index (χ1v) is 7.28. The highest BCUT2D eigenvalue weighted by molar-refractivity contribution is 4.79. The van der Waals surface area contributed by atoms with Crippen LogP contribution in [-0.4, -0.2) is 25.3 Å². The largest absolute Gasteiger partial charge is 0.378 e. The standard InChI is InChI=1S/C15H31NO/c1-6-7-14-10-13(8-9-17-14)16-11-12(2)15(3,4)5/h12-14,16H,6-11H2,1-5H3. The molecule has 0 aromatic heterocycles. The van der Waals surface area contributed by atoms with E-state index in [0.29, 0.717) is 17.6 Å². The second-order valence-electron chi connectivity index (χ2n) is 6.68. The van der Waals surface area contributed by atoms with Crippen LogP contribution in [0, 0.1) is 11.3 Å². The molecule has 0 radical (unpaired) electrons. The van der Waals surface area contributed by atoms with E-state index in [1.807, 2.05) is 0 Å². The maximum atomic E-state index is 5.78. The highest BCUT2D eigenvalue weighted by Crippen LogP contribution is 2.25. The summed E-state index contributed by atoms with van der Waals surface area (Å²) in [5.41, 5.74) is 0.404. The first kappa shape index (κ1) is 15.0. The van der Waals surface area contributed by atoms with Gasteiger partial charge in [-0.05, 0) is 37.1 Å². The van der Waals surface area contributed by atoms with Gasteiger partial charge in [0.2, 0.25) is 0 Å². The van der Waals surface area contributed by atoms with Crippen LogP contribution in [0.1, 0.15) is 60.3 Å². The number of rotatable bonds is 5. The summed E-state index contributed by atoms with van der Waals surface area (Å²) in [6.07, 6.45) is 5.32. The number of nitrogens with one attached hydrogen (secondary N) is 1. The lowest BCUT2D eigenvalue weighted by atomic mass is 9.82. The van der Waals surface area contributed by atoms with E-state index in [4.69, 9.17) is 4.74 Å². The van der Waals surface area contributed by atoms with Crippen molar-refractivity contribution in [3.05, 3.63) is 0 Å². The Labute approximate surface area is 108 Å². The number of hydrogen-bond donors (Lipinski definition) is 1. The van der Waals surface area contributed by atoms with Crippen molar-refractivity contribution in [2.45, 2.75) is 72.4 Å². The summed E-state index contributed by atoms with van der Waals surface area (Å²) >= 11 is 0. The van der Waals surface area contributed by atoms with Gasteiger partial charge < -0.3 is 10.1 Å². The molecule has 3 atom stereocenters. The fourth-order valence-electron chi connectivity index (χ4n) is 2.24. The minimum absolute atomic E-state index is 0.404. The van der Waals surface area contributed by atoms with Crippen LogP contribution in [0.5, 0.6) is 0 Å². The molecule has 1 aliphatic rings. The SMILES string of the molecule is CCCC1CC(NCC(C)C(C)(C)C)CCO1. The Hall–Kier alpha value is -0.0800. The Balaban J connectivity index is 2.27. The molecule has 2 nitrogen and oxygen atoms in total. The average molecular weight is 241 g/mol. The predicted octanol–water partition coefficient (Wildman–Crippen LogP) is 3.61. The van der Waals surface area contributed by atoms with E-state index in [1.165, 1.54) is 25.7 Å². The molecule has 0 aromatic carbocycles. The van der Waals surface area contributed by atoms with Gasteiger partial charge >= 0.3 is 0 Å². The fraction of sp³-hybridized carbons (Fsp3) is 1.00. The van der Waals surface area contributed by atoms with Crippen LogP contribution in [0.15, 0.2) is 0 Å². The summed E-state index contributed by atoms with van der Waals surface area (Å²) < 4.78 is 5.78. The van der Waals surface area contributed by atoms with Crippen molar-refractivity contribution < 1.29 is 4.74 Å². The highest BCUT2D eigenvalue weighted by Gasteiger charge is 2.24. The molecule has 0 spiro atoms. The van der Waals surface area contributed by atoms with Crippen LogP contribution in [0.4, 0.5) is 0 Å². The molecule has 1 fully saturated rings. The Bertz CT molecular complexity index is 207. The van der Waals surface area contributed by atoms with Gasteiger partial charge in [0.15, 0.2) is 0 Å². The third kappa shape index (κ3) is 5.39. The van der Waals surface area contributed by atoms with Crippen molar-refractivity contribution >= 4 is 0 Å². The first-order chi connectivity index (χ1) is 7.93. The molecule has 17 heavy (non-hydrogen) atoms. The normalized spacial score (nSPS) is 28.1. The molecule has 0 aliphatic carbocycles. The lowest BCUT2D eigenvalue weighted by molar-refractivity contribution is -0.00430. The summed E-state index contributed by atoms with van der Waals surface area (Å²) in [6, 6.07) is 0.671. The van der Waals surface area contributed by atoms with Crippen molar-refractivity contribution in [1.82, 2.24) is 5.32 Å². The van der Waals surface area contributed by atoms with Gasteiger partial charge in [0.05, 0.1) is 6.10 Å². The maximum absolute atomic E-state index is 5.78. The molecule has 1 N–H and O–H groups in total. The van der Waals surface area contributed by atoms with Gasteiger partial charge in [0.25, 0.3) is 0 Å². The zero-order valence-electron chi connectivity index (χ0n) is 12.4. The van der Waals surface area contributed by atoms with Crippen LogP contribution in [0.25, 0.3) is 0 Å². The summed E-state index contributed by atoms with van der Waals surface area (Å²) in [7, 11) is 0.